The van der Waals surface area contributed by atoms with Crippen LogP contribution in [0.1, 0.15) is 67.3 Å². The summed E-state index contributed by atoms with van der Waals surface area (Å²) in [5.74, 6) is 0.502. The van der Waals surface area contributed by atoms with Crippen molar-refractivity contribution in [2.45, 2.75) is 60.3 Å². The molecule has 2 nitrogen and oxygen atoms in total. The van der Waals surface area contributed by atoms with Crippen molar-refractivity contribution in [1.82, 2.24) is 0 Å². The molecule has 0 bridgehead atoms. The Morgan fingerprint density at radius 2 is 0.627 bits per heavy atom. The normalized spacial score (nSPS) is 11.6. The maximum absolute atomic E-state index is 2.58. The second-order valence-electron chi connectivity index (χ2n) is 21.0. The highest BCUT2D eigenvalue weighted by Gasteiger charge is 2.28. The first-order valence-electron chi connectivity index (χ1n) is 26.6. The largest absolute Gasteiger partial charge is 0.310 e. The monoisotopic (exact) mass is 966 g/mol. The lowest BCUT2D eigenvalue weighted by atomic mass is 9.83. The Morgan fingerprint density at radius 3 is 1.07 bits per heavy atom. The molecule has 364 valence electrons. The summed E-state index contributed by atoms with van der Waals surface area (Å²) < 4.78 is 0. The molecule has 0 saturated heterocycles. The number of nitrogens with zero attached hydrogens (tertiary/aromatic N) is 2. The summed E-state index contributed by atoms with van der Waals surface area (Å²) in [6, 6.07) is 87.9. The van der Waals surface area contributed by atoms with E-state index in [-0.39, 0.29) is 11.8 Å². The van der Waals surface area contributed by atoms with Crippen LogP contribution in [-0.2, 0) is 0 Å². The van der Waals surface area contributed by atoms with Crippen LogP contribution in [0.2, 0.25) is 0 Å². The van der Waals surface area contributed by atoms with E-state index in [0.717, 1.165) is 17.1 Å². The lowest BCUT2D eigenvalue weighted by molar-refractivity contribution is 0.875. The fourth-order valence-corrected chi connectivity index (χ4v) is 11.7. The molecule has 0 aliphatic heterocycles. The van der Waals surface area contributed by atoms with Gasteiger partial charge in [0.15, 0.2) is 0 Å². The number of hydrogen-bond donors (Lipinski definition) is 0. The van der Waals surface area contributed by atoms with E-state index in [1.165, 1.54) is 122 Å². The van der Waals surface area contributed by atoms with Gasteiger partial charge in [-0.05, 0) is 181 Å². The van der Waals surface area contributed by atoms with Gasteiger partial charge in [0.1, 0.15) is 0 Å². The summed E-state index contributed by atoms with van der Waals surface area (Å²) >= 11 is 0. The number of aryl methyl sites for hydroxylation is 3. The fourth-order valence-electron chi connectivity index (χ4n) is 11.7. The molecule has 0 saturated carbocycles. The summed E-state index contributed by atoms with van der Waals surface area (Å²) in [6.07, 6.45) is 0. The van der Waals surface area contributed by atoms with Gasteiger partial charge >= 0.3 is 0 Å². The maximum Gasteiger partial charge on any atom is 0.0543 e. The predicted octanol–water partition coefficient (Wildman–Crippen LogP) is 21.4. The van der Waals surface area contributed by atoms with Crippen LogP contribution in [-0.4, -0.2) is 0 Å². The van der Waals surface area contributed by atoms with Crippen LogP contribution < -0.4 is 9.80 Å². The minimum absolute atomic E-state index is 0.250. The fraction of sp³-hybridized carbons (Fsp3) is 0.123. The van der Waals surface area contributed by atoms with Gasteiger partial charge in [-0.1, -0.05) is 210 Å². The Hall–Kier alpha value is -8.72. The minimum Gasteiger partial charge on any atom is -0.310 e. The summed E-state index contributed by atoms with van der Waals surface area (Å²) in [6.45, 7) is 16.2. The number of hydrogen-bond acceptors (Lipinski definition) is 2. The van der Waals surface area contributed by atoms with Crippen LogP contribution in [0.15, 0.2) is 237 Å². The third-order valence-electron chi connectivity index (χ3n) is 15.5. The van der Waals surface area contributed by atoms with E-state index >= 15 is 0 Å². The van der Waals surface area contributed by atoms with Crippen molar-refractivity contribution in [3.63, 3.8) is 0 Å². The lowest BCUT2D eigenvalue weighted by Gasteiger charge is -2.33. The summed E-state index contributed by atoms with van der Waals surface area (Å²) in [4.78, 5) is 5.12. The van der Waals surface area contributed by atoms with Crippen LogP contribution in [0, 0.1) is 20.8 Å². The van der Waals surface area contributed by atoms with Crippen molar-refractivity contribution in [1.29, 1.82) is 0 Å². The highest BCUT2D eigenvalue weighted by molar-refractivity contribution is 6.29. The van der Waals surface area contributed by atoms with Crippen molar-refractivity contribution in [2.24, 2.45) is 0 Å². The topological polar surface area (TPSA) is 6.48 Å². The molecular weight excluding hydrogens is 905 g/mol. The quantitative estimate of drug-likeness (QED) is 0.113. The highest BCUT2D eigenvalue weighted by Crippen LogP contribution is 2.52. The smallest absolute Gasteiger partial charge is 0.0543 e. The Morgan fingerprint density at radius 1 is 0.253 bits per heavy atom. The third-order valence-corrected chi connectivity index (χ3v) is 15.5. The van der Waals surface area contributed by atoms with Crippen molar-refractivity contribution in [3.05, 3.63) is 264 Å². The van der Waals surface area contributed by atoms with Gasteiger partial charge in [0.25, 0.3) is 0 Å². The van der Waals surface area contributed by atoms with Crippen molar-refractivity contribution < 1.29 is 0 Å². The molecule has 0 aliphatic rings. The van der Waals surface area contributed by atoms with Crippen molar-refractivity contribution in [3.8, 4) is 44.5 Å². The molecule has 0 aliphatic carbocycles. The van der Waals surface area contributed by atoms with Gasteiger partial charge in [-0.25, -0.2) is 0 Å². The van der Waals surface area contributed by atoms with E-state index in [9.17, 15) is 0 Å². The Kier molecular flexibility index (Phi) is 12.4. The molecular formula is C73H62N2. The Labute approximate surface area is 443 Å². The van der Waals surface area contributed by atoms with Crippen molar-refractivity contribution >= 4 is 66.4 Å². The maximum atomic E-state index is 2.58. The molecule has 0 amide bonds. The molecule has 75 heavy (non-hydrogen) atoms. The minimum atomic E-state index is 0.250. The molecule has 2 heteroatoms. The van der Waals surface area contributed by atoms with Gasteiger partial charge in [-0.2, -0.15) is 0 Å². The highest BCUT2D eigenvalue weighted by atomic mass is 15.2. The first-order chi connectivity index (χ1) is 36.6. The molecule has 0 N–H and O–H groups in total. The second-order valence-corrected chi connectivity index (χ2v) is 21.0. The Bertz CT molecular complexity index is 4020. The van der Waals surface area contributed by atoms with Crippen LogP contribution >= 0.6 is 0 Å². The Balaban J connectivity index is 1.16. The molecule has 12 aromatic rings. The molecule has 12 rings (SSSR count). The summed E-state index contributed by atoms with van der Waals surface area (Å²) in [5, 5.41) is 7.69. The molecule has 0 fully saturated rings. The van der Waals surface area contributed by atoms with E-state index in [1.54, 1.807) is 0 Å². The second kappa shape index (κ2) is 19.6. The lowest BCUT2D eigenvalue weighted by Crippen LogP contribution is -2.15. The standard InChI is InChI=1S/C73H62N2/c1-47(2)65-45-70(74(60-30-20-29-56(43-60)52-21-12-8-13-22-52)67-39-33-57(41-50(67)6)53-23-14-9-15-24-53)63-37-35-62-66(48(3)4)46-71(64-38-36-61(65)72(63)73(62)64)75(68-40-34-58(42-51(68)7)54-25-16-10-17-26-54)69-44-59(32-31-49(69)5)55-27-18-11-19-28-55/h8-48H,1-7H3. The van der Waals surface area contributed by atoms with Gasteiger partial charge in [-0.15, -0.1) is 0 Å². The van der Waals surface area contributed by atoms with Gasteiger partial charge in [-0.3, -0.25) is 0 Å². The van der Waals surface area contributed by atoms with Gasteiger partial charge < -0.3 is 9.80 Å². The zero-order valence-corrected chi connectivity index (χ0v) is 44.1. The van der Waals surface area contributed by atoms with Crippen LogP contribution in [0.3, 0.4) is 0 Å². The van der Waals surface area contributed by atoms with Gasteiger partial charge in [0.2, 0.25) is 0 Å². The average Bonchev–Trinajstić information content (AvgIpc) is 3.50. The number of benzene rings is 12. The first kappa shape index (κ1) is 47.3. The molecule has 12 aromatic carbocycles. The number of rotatable bonds is 12. The van der Waals surface area contributed by atoms with E-state index in [2.05, 4.69) is 295 Å². The molecule has 0 radical (unpaired) electrons. The van der Waals surface area contributed by atoms with Crippen LogP contribution in [0.4, 0.5) is 34.1 Å². The van der Waals surface area contributed by atoms with Gasteiger partial charge in [0, 0.05) is 33.5 Å². The third kappa shape index (κ3) is 8.61. The zero-order chi connectivity index (χ0) is 51.3. The molecule has 0 heterocycles. The van der Waals surface area contributed by atoms with E-state index in [1.807, 2.05) is 0 Å². The van der Waals surface area contributed by atoms with Crippen LogP contribution in [0.25, 0.3) is 76.8 Å². The summed E-state index contributed by atoms with van der Waals surface area (Å²) in [7, 11) is 0. The number of anilines is 6. The molecule has 0 aromatic heterocycles. The van der Waals surface area contributed by atoms with E-state index in [0.29, 0.717) is 0 Å². The van der Waals surface area contributed by atoms with Crippen molar-refractivity contribution in [2.75, 3.05) is 9.80 Å². The zero-order valence-electron chi connectivity index (χ0n) is 44.1. The molecule has 0 unspecified atom stereocenters. The first-order valence-corrected chi connectivity index (χ1v) is 26.6. The van der Waals surface area contributed by atoms with Crippen LogP contribution in [0.5, 0.6) is 0 Å². The SMILES string of the molecule is Cc1cc(-c2ccccc2)ccc1N(c1cccc(-c2ccccc2)c1)c1cc(C(C)C)c2ccc3c(N(c4ccc(-c5ccccc5)cc4C)c4cc(-c5ccccc5)ccc4C)cc(C(C)C)c4ccc1c2c43. The predicted molar refractivity (Wildman–Crippen MR) is 324 cm³/mol. The van der Waals surface area contributed by atoms with E-state index in [4.69, 9.17) is 0 Å². The molecule has 0 spiro atoms. The van der Waals surface area contributed by atoms with E-state index < -0.39 is 0 Å². The average molecular weight is 967 g/mol. The summed E-state index contributed by atoms with van der Waals surface area (Å²) in [5.41, 5.74) is 22.9. The van der Waals surface area contributed by atoms with Gasteiger partial charge in [0.05, 0.1) is 11.4 Å². The molecule has 0 atom stereocenters.